The molecule has 2 aliphatic rings. The third-order valence-corrected chi connectivity index (χ3v) is 15.2. The van der Waals surface area contributed by atoms with Crippen molar-refractivity contribution in [2.24, 2.45) is 0 Å². The Morgan fingerprint density at radius 3 is 1.92 bits per heavy atom. The van der Waals surface area contributed by atoms with Crippen LogP contribution in [0.3, 0.4) is 0 Å². The maximum Gasteiger partial charge on any atom is 0.333 e. The van der Waals surface area contributed by atoms with E-state index in [2.05, 4.69) is 200 Å². The Morgan fingerprint density at radius 2 is 1.15 bits per heavy atom. The van der Waals surface area contributed by atoms with Crippen molar-refractivity contribution >= 4 is 109 Å². The van der Waals surface area contributed by atoms with Crippen LogP contribution in [0.4, 0.5) is 17.1 Å². The molecule has 2 nitrogen and oxygen atoms in total. The van der Waals surface area contributed by atoms with Gasteiger partial charge in [0, 0.05) is 63.4 Å². The van der Waals surface area contributed by atoms with Gasteiger partial charge in [-0.15, -0.1) is 22.7 Å². The molecular formula is C54H37BN2S2. The number of thiophene rings is 2. The Kier molecular flexibility index (Phi) is 6.87. The van der Waals surface area contributed by atoms with Crippen LogP contribution in [-0.2, 0) is 5.41 Å². The molecular weight excluding hydrogens is 752 g/mol. The van der Waals surface area contributed by atoms with Crippen molar-refractivity contribution in [2.75, 3.05) is 4.90 Å². The Bertz CT molecular complexity index is 3550. The summed E-state index contributed by atoms with van der Waals surface area (Å²) in [4.78, 5) is 4.01. The fraction of sp³-hybridized carbons (Fsp3) is 0.0741. The predicted octanol–water partition coefficient (Wildman–Crippen LogP) is 14.4. The van der Waals surface area contributed by atoms with E-state index in [1.807, 2.05) is 22.7 Å². The molecule has 11 aromatic rings. The molecule has 2 aliphatic heterocycles. The molecule has 0 N–H and O–H groups in total. The highest BCUT2D eigenvalue weighted by Gasteiger charge is 2.45. The lowest BCUT2D eigenvalue weighted by Gasteiger charge is -2.42. The maximum atomic E-state index is 2.73. The minimum absolute atomic E-state index is 0.0185. The third-order valence-electron chi connectivity index (χ3n) is 12.9. The number of hydrogen-bond acceptors (Lipinski definition) is 3. The van der Waals surface area contributed by atoms with Crippen LogP contribution in [0.5, 0.6) is 0 Å². The second kappa shape index (κ2) is 12.1. The summed E-state index contributed by atoms with van der Waals surface area (Å²) in [7, 11) is 0. The van der Waals surface area contributed by atoms with Crippen molar-refractivity contribution < 1.29 is 0 Å². The fourth-order valence-corrected chi connectivity index (χ4v) is 12.6. The summed E-state index contributed by atoms with van der Waals surface area (Å²) < 4.78 is 6.69. The van der Waals surface area contributed by atoms with Crippen molar-refractivity contribution in [2.45, 2.75) is 26.2 Å². The molecule has 59 heavy (non-hydrogen) atoms. The summed E-state index contributed by atoms with van der Waals surface area (Å²) in [6.07, 6.45) is 0. The lowest BCUT2D eigenvalue weighted by Crippen LogP contribution is -2.56. The van der Waals surface area contributed by atoms with Gasteiger partial charge in [-0.05, 0) is 86.6 Å². The first-order valence-electron chi connectivity index (χ1n) is 20.5. The molecule has 0 spiro atoms. The molecule has 5 heterocycles. The summed E-state index contributed by atoms with van der Waals surface area (Å²) >= 11 is 3.84. The highest BCUT2D eigenvalue weighted by molar-refractivity contribution is 7.26. The largest absolute Gasteiger partial charge is 0.367 e. The fourth-order valence-electron chi connectivity index (χ4n) is 10.3. The number of rotatable bonds is 3. The number of anilines is 3. The van der Waals surface area contributed by atoms with Crippen LogP contribution in [0.25, 0.3) is 84.8 Å². The molecule has 13 rings (SSSR count). The molecule has 5 heteroatoms. The SMILES string of the molecule is CC(C)(C)c1ccc(N2c3cc(-c4ccccc4)cc4c3B(c3ccc5sc6ccccc6c5c32)n2c3sc5ccccc5c3c3cccc-4c32)c(-c2ccccc2)c1. The van der Waals surface area contributed by atoms with Gasteiger partial charge in [0.05, 0.1) is 16.2 Å². The van der Waals surface area contributed by atoms with Gasteiger partial charge in [-0.3, -0.25) is 0 Å². The van der Waals surface area contributed by atoms with Crippen molar-refractivity contribution in [3.05, 3.63) is 175 Å². The standard InChI is InChI=1S/C54H37BN2S2/c1-54(2,3)35-25-27-43(40(31-35)33-17-8-5-9-18-33)56-44-30-34(32-15-6-4-7-16-32)29-41-36-21-14-22-39-48-37-19-10-13-24-46(37)59-53(48)57(51(36)39)55(50(41)44)42-26-28-47-49(52(42)56)38-20-11-12-23-45(38)58-47/h4-31H,1-3H3. The number of benzene rings is 8. The molecule has 0 fully saturated rings. The minimum Gasteiger partial charge on any atom is -0.367 e. The van der Waals surface area contributed by atoms with Gasteiger partial charge in [0.2, 0.25) is 0 Å². The van der Waals surface area contributed by atoms with Crippen molar-refractivity contribution in [3.63, 3.8) is 0 Å². The van der Waals surface area contributed by atoms with Crippen LogP contribution in [0.2, 0.25) is 0 Å². The van der Waals surface area contributed by atoms with Crippen molar-refractivity contribution in [1.29, 1.82) is 0 Å². The van der Waals surface area contributed by atoms with Crippen molar-refractivity contribution in [1.82, 2.24) is 4.48 Å². The second-order valence-corrected chi connectivity index (χ2v) is 19.3. The van der Waals surface area contributed by atoms with E-state index in [-0.39, 0.29) is 12.3 Å². The number of aromatic nitrogens is 1. The Balaban J connectivity index is 1.25. The number of para-hydroxylation sites is 1. The first-order valence-corrected chi connectivity index (χ1v) is 22.2. The minimum atomic E-state index is -0.0314. The van der Waals surface area contributed by atoms with E-state index in [4.69, 9.17) is 0 Å². The van der Waals surface area contributed by atoms with Gasteiger partial charge < -0.3 is 9.38 Å². The molecule has 0 bridgehead atoms. The normalized spacial score (nSPS) is 13.3. The zero-order chi connectivity index (χ0) is 39.1. The molecule has 0 radical (unpaired) electrons. The third kappa shape index (κ3) is 4.63. The average Bonchev–Trinajstić information content (AvgIpc) is 3.95. The van der Waals surface area contributed by atoms with Crippen LogP contribution >= 0.6 is 22.7 Å². The van der Waals surface area contributed by atoms with Crippen LogP contribution in [0.1, 0.15) is 26.3 Å². The van der Waals surface area contributed by atoms with Gasteiger partial charge in [-0.25, -0.2) is 0 Å². The number of nitrogens with zero attached hydrogens (tertiary/aromatic N) is 2. The van der Waals surface area contributed by atoms with E-state index in [0.29, 0.717) is 0 Å². The van der Waals surface area contributed by atoms with Gasteiger partial charge in [0.1, 0.15) is 0 Å². The molecule has 8 aromatic carbocycles. The summed E-state index contributed by atoms with van der Waals surface area (Å²) in [6.45, 7) is 6.93. The second-order valence-electron chi connectivity index (χ2n) is 17.2. The zero-order valence-corrected chi connectivity index (χ0v) is 34.6. The number of fused-ring (bicyclic) bond motifs is 13. The summed E-state index contributed by atoms with van der Waals surface area (Å²) in [5, 5.41) is 6.69. The lowest BCUT2D eigenvalue weighted by atomic mass is 9.45. The van der Waals surface area contributed by atoms with E-state index >= 15 is 0 Å². The van der Waals surface area contributed by atoms with Gasteiger partial charge in [0.15, 0.2) is 0 Å². The van der Waals surface area contributed by atoms with Crippen LogP contribution in [0.15, 0.2) is 170 Å². The van der Waals surface area contributed by atoms with E-state index in [9.17, 15) is 0 Å². The van der Waals surface area contributed by atoms with E-state index in [1.165, 1.54) is 118 Å². The highest BCUT2D eigenvalue weighted by atomic mass is 32.1. The summed E-state index contributed by atoms with van der Waals surface area (Å²) in [6, 6.07) is 64.1. The molecule has 0 unspecified atom stereocenters. The first-order chi connectivity index (χ1) is 28.9. The zero-order valence-electron chi connectivity index (χ0n) is 33.0. The predicted molar refractivity (Wildman–Crippen MR) is 258 cm³/mol. The summed E-state index contributed by atoms with van der Waals surface area (Å²) in [5.41, 5.74) is 16.6. The maximum absolute atomic E-state index is 2.73. The van der Waals surface area contributed by atoms with Gasteiger partial charge >= 0.3 is 6.85 Å². The first kappa shape index (κ1) is 33.6. The molecule has 0 aliphatic carbocycles. The molecule has 0 saturated carbocycles. The monoisotopic (exact) mass is 788 g/mol. The smallest absolute Gasteiger partial charge is 0.333 e. The highest BCUT2D eigenvalue weighted by Crippen LogP contribution is 2.53. The van der Waals surface area contributed by atoms with E-state index in [1.54, 1.807) is 0 Å². The van der Waals surface area contributed by atoms with Crippen LogP contribution < -0.4 is 15.8 Å². The molecule has 278 valence electrons. The van der Waals surface area contributed by atoms with E-state index in [0.717, 1.165) is 0 Å². The molecule has 0 amide bonds. The number of hydrogen-bond donors (Lipinski definition) is 0. The molecule has 0 atom stereocenters. The average molecular weight is 789 g/mol. The van der Waals surface area contributed by atoms with Crippen molar-refractivity contribution in [3.8, 4) is 33.4 Å². The Morgan fingerprint density at radius 1 is 0.475 bits per heavy atom. The molecule has 0 saturated heterocycles. The quantitative estimate of drug-likeness (QED) is 0.162. The van der Waals surface area contributed by atoms with Gasteiger partial charge in [-0.2, -0.15) is 0 Å². The van der Waals surface area contributed by atoms with Crippen LogP contribution in [0, 0.1) is 0 Å². The Labute approximate surface area is 351 Å². The topological polar surface area (TPSA) is 8.17 Å². The van der Waals surface area contributed by atoms with Gasteiger partial charge in [0.25, 0.3) is 0 Å². The lowest BCUT2D eigenvalue weighted by molar-refractivity contribution is 0.590. The van der Waals surface area contributed by atoms with E-state index < -0.39 is 0 Å². The Hall–Kier alpha value is -6.40. The van der Waals surface area contributed by atoms with Gasteiger partial charge in [-0.1, -0.05) is 148 Å². The summed E-state index contributed by atoms with van der Waals surface area (Å²) in [5.74, 6) is 0. The molecule has 3 aromatic heterocycles. The van der Waals surface area contributed by atoms with Crippen LogP contribution in [-0.4, -0.2) is 11.3 Å².